The van der Waals surface area contributed by atoms with Gasteiger partial charge in [0.1, 0.15) is 11.4 Å². The van der Waals surface area contributed by atoms with Crippen LogP contribution in [0.3, 0.4) is 0 Å². The molecule has 0 aliphatic heterocycles. The summed E-state index contributed by atoms with van der Waals surface area (Å²) in [5, 5.41) is 12.1. The van der Waals surface area contributed by atoms with Crippen molar-refractivity contribution in [3.05, 3.63) is 54.6 Å². The molecule has 0 heterocycles. The highest BCUT2D eigenvalue weighted by Crippen LogP contribution is 2.25. The fraction of sp³-hybridized carbons (Fsp3) is 0.235. The summed E-state index contributed by atoms with van der Waals surface area (Å²) in [7, 11) is 0. The lowest BCUT2D eigenvalue weighted by Gasteiger charge is -2.25. The molecule has 0 unspecified atom stereocenters. The van der Waals surface area contributed by atoms with Gasteiger partial charge in [-0.25, -0.2) is 0 Å². The molecule has 2 aromatic carbocycles. The fourth-order valence-electron chi connectivity index (χ4n) is 1.83. The summed E-state index contributed by atoms with van der Waals surface area (Å²) >= 11 is 0. The normalized spacial score (nSPS) is 12.2. The molecule has 0 atom stereocenters. The van der Waals surface area contributed by atoms with Gasteiger partial charge in [-0.05, 0) is 44.0 Å². The van der Waals surface area contributed by atoms with E-state index in [1.54, 1.807) is 6.92 Å². The molecule has 0 amide bonds. The molecule has 0 aliphatic carbocycles. The molecule has 0 fully saturated rings. The maximum absolute atomic E-state index is 8.85. The third kappa shape index (κ3) is 3.18. The summed E-state index contributed by atoms with van der Waals surface area (Å²) in [4.78, 5) is 0. The number of nitrogens with zero attached hydrogens (tertiary/aromatic N) is 1. The Balaban J connectivity index is 2.17. The van der Waals surface area contributed by atoms with Crippen molar-refractivity contribution >= 4 is 5.71 Å². The average Bonchev–Trinajstić information content (AvgIpc) is 2.47. The Kier molecular flexibility index (Phi) is 4.08. The van der Waals surface area contributed by atoms with E-state index in [1.165, 1.54) is 5.56 Å². The van der Waals surface area contributed by atoms with Crippen LogP contribution < -0.4 is 4.74 Å². The lowest BCUT2D eigenvalue weighted by Crippen LogP contribution is -2.36. The summed E-state index contributed by atoms with van der Waals surface area (Å²) < 4.78 is 5.85. The van der Waals surface area contributed by atoms with Crippen LogP contribution in [0.4, 0.5) is 0 Å². The third-order valence-corrected chi connectivity index (χ3v) is 3.36. The molecule has 2 rings (SSSR count). The first-order valence-electron chi connectivity index (χ1n) is 6.56. The standard InChI is InChI=1S/C17H19NO2/c1-13(18-19)17(2,3)20-16-11-9-15(10-12-16)14-7-5-4-6-8-14/h4-12,19H,1-3H3/b18-13-. The van der Waals surface area contributed by atoms with Crippen LogP contribution in [0.5, 0.6) is 5.75 Å². The zero-order chi connectivity index (χ0) is 14.6. The largest absolute Gasteiger partial charge is 0.482 e. The Labute approximate surface area is 119 Å². The lowest BCUT2D eigenvalue weighted by atomic mass is 10.0. The summed E-state index contributed by atoms with van der Waals surface area (Å²) in [6.07, 6.45) is 0. The monoisotopic (exact) mass is 269 g/mol. The number of hydrogen-bond donors (Lipinski definition) is 1. The Morgan fingerprint density at radius 2 is 1.50 bits per heavy atom. The van der Waals surface area contributed by atoms with Crippen molar-refractivity contribution in [1.29, 1.82) is 0 Å². The van der Waals surface area contributed by atoms with E-state index in [-0.39, 0.29) is 0 Å². The first kappa shape index (κ1) is 14.1. The number of hydrogen-bond acceptors (Lipinski definition) is 3. The molecular weight excluding hydrogens is 250 g/mol. The van der Waals surface area contributed by atoms with Crippen molar-refractivity contribution in [3.63, 3.8) is 0 Å². The molecular formula is C17H19NO2. The highest BCUT2D eigenvalue weighted by atomic mass is 16.5. The molecule has 0 saturated carbocycles. The van der Waals surface area contributed by atoms with Crippen molar-refractivity contribution in [3.8, 4) is 16.9 Å². The molecule has 3 heteroatoms. The zero-order valence-electron chi connectivity index (χ0n) is 12.0. The number of benzene rings is 2. The van der Waals surface area contributed by atoms with E-state index in [4.69, 9.17) is 9.94 Å². The van der Waals surface area contributed by atoms with Crippen molar-refractivity contribution in [1.82, 2.24) is 0 Å². The predicted octanol–water partition coefficient (Wildman–Crippen LogP) is 4.36. The molecule has 104 valence electrons. The highest BCUT2D eigenvalue weighted by molar-refractivity contribution is 5.89. The second-order valence-corrected chi connectivity index (χ2v) is 5.19. The van der Waals surface area contributed by atoms with Gasteiger partial charge >= 0.3 is 0 Å². The molecule has 3 nitrogen and oxygen atoms in total. The second kappa shape index (κ2) is 5.78. The molecule has 0 bridgehead atoms. The molecule has 0 aromatic heterocycles. The van der Waals surface area contributed by atoms with Crippen LogP contribution in [-0.2, 0) is 0 Å². The van der Waals surface area contributed by atoms with E-state index < -0.39 is 5.60 Å². The SMILES string of the molecule is C/C(=N/O)C(C)(C)Oc1ccc(-c2ccccc2)cc1. The smallest absolute Gasteiger partial charge is 0.144 e. The van der Waals surface area contributed by atoms with Gasteiger partial charge in [-0.2, -0.15) is 0 Å². The van der Waals surface area contributed by atoms with Crippen molar-refractivity contribution < 1.29 is 9.94 Å². The minimum Gasteiger partial charge on any atom is -0.482 e. The van der Waals surface area contributed by atoms with Gasteiger partial charge in [0.2, 0.25) is 0 Å². The summed E-state index contributed by atoms with van der Waals surface area (Å²) in [5.74, 6) is 0.748. The fourth-order valence-corrected chi connectivity index (χ4v) is 1.83. The van der Waals surface area contributed by atoms with E-state index in [1.807, 2.05) is 56.3 Å². The average molecular weight is 269 g/mol. The van der Waals surface area contributed by atoms with Gasteiger partial charge < -0.3 is 9.94 Å². The van der Waals surface area contributed by atoms with E-state index in [0.29, 0.717) is 5.71 Å². The lowest BCUT2D eigenvalue weighted by molar-refractivity contribution is 0.174. The first-order valence-corrected chi connectivity index (χ1v) is 6.56. The van der Waals surface area contributed by atoms with Crippen LogP contribution in [0.15, 0.2) is 59.8 Å². The van der Waals surface area contributed by atoms with Gasteiger partial charge in [-0.1, -0.05) is 47.6 Å². The van der Waals surface area contributed by atoms with Crippen molar-refractivity contribution in [2.75, 3.05) is 0 Å². The number of rotatable bonds is 4. The van der Waals surface area contributed by atoms with Crippen molar-refractivity contribution in [2.24, 2.45) is 5.16 Å². The topological polar surface area (TPSA) is 41.8 Å². The summed E-state index contributed by atoms with van der Waals surface area (Å²) in [6, 6.07) is 18.1. The van der Waals surface area contributed by atoms with Crippen LogP contribution in [0.1, 0.15) is 20.8 Å². The Morgan fingerprint density at radius 1 is 0.950 bits per heavy atom. The van der Waals surface area contributed by atoms with Gasteiger partial charge in [-0.15, -0.1) is 0 Å². The maximum Gasteiger partial charge on any atom is 0.144 e. The van der Waals surface area contributed by atoms with Crippen LogP contribution in [0.2, 0.25) is 0 Å². The Morgan fingerprint density at radius 3 is 2.05 bits per heavy atom. The van der Waals surface area contributed by atoms with E-state index in [0.717, 1.165) is 11.3 Å². The minimum atomic E-state index is -0.636. The van der Waals surface area contributed by atoms with Crippen LogP contribution >= 0.6 is 0 Å². The minimum absolute atomic E-state index is 0.532. The molecule has 0 aliphatic rings. The van der Waals surface area contributed by atoms with Gasteiger partial charge in [0, 0.05) is 0 Å². The summed E-state index contributed by atoms with van der Waals surface area (Å²) in [6.45, 7) is 5.47. The first-order chi connectivity index (χ1) is 9.53. The number of oxime groups is 1. The predicted molar refractivity (Wildman–Crippen MR) is 81.5 cm³/mol. The highest BCUT2D eigenvalue weighted by Gasteiger charge is 2.24. The molecule has 1 N–H and O–H groups in total. The van der Waals surface area contributed by atoms with Crippen LogP contribution in [-0.4, -0.2) is 16.5 Å². The number of ether oxygens (including phenoxy) is 1. The molecule has 2 aromatic rings. The van der Waals surface area contributed by atoms with Crippen molar-refractivity contribution in [2.45, 2.75) is 26.4 Å². The van der Waals surface area contributed by atoms with Gasteiger partial charge in [-0.3, -0.25) is 0 Å². The van der Waals surface area contributed by atoms with Gasteiger partial charge in [0.25, 0.3) is 0 Å². The molecule has 0 saturated heterocycles. The van der Waals surface area contributed by atoms with E-state index >= 15 is 0 Å². The van der Waals surface area contributed by atoms with Crippen LogP contribution in [0, 0.1) is 0 Å². The summed E-state index contributed by atoms with van der Waals surface area (Å²) in [5.41, 5.74) is 2.21. The molecule has 20 heavy (non-hydrogen) atoms. The molecule has 0 spiro atoms. The Bertz CT molecular complexity index is 586. The van der Waals surface area contributed by atoms with E-state index in [2.05, 4.69) is 17.3 Å². The van der Waals surface area contributed by atoms with Crippen LogP contribution in [0.25, 0.3) is 11.1 Å². The second-order valence-electron chi connectivity index (χ2n) is 5.19. The van der Waals surface area contributed by atoms with Gasteiger partial charge in [0.05, 0.1) is 5.71 Å². The quantitative estimate of drug-likeness (QED) is 0.509. The van der Waals surface area contributed by atoms with E-state index in [9.17, 15) is 0 Å². The zero-order valence-corrected chi connectivity index (χ0v) is 12.0. The van der Waals surface area contributed by atoms with Gasteiger partial charge in [0.15, 0.2) is 0 Å². The third-order valence-electron chi connectivity index (χ3n) is 3.36. The Hall–Kier alpha value is -2.29. The molecule has 0 radical (unpaired) electrons. The maximum atomic E-state index is 8.85.